The van der Waals surface area contributed by atoms with E-state index in [1.165, 1.54) is 0 Å². The van der Waals surface area contributed by atoms with E-state index in [0.717, 1.165) is 17.1 Å². The number of imidazole rings is 1. The third-order valence-corrected chi connectivity index (χ3v) is 4.84. The average molecular weight is 341 g/mol. The number of fused-ring (bicyclic) bond motifs is 4. The number of hydrogen-bond acceptors (Lipinski definition) is 4. The van der Waals surface area contributed by atoms with Gasteiger partial charge in [-0.15, -0.1) is 0 Å². The second-order valence-corrected chi connectivity index (χ2v) is 6.22. The molecule has 6 heteroatoms. The zero-order chi connectivity index (χ0) is 16.3. The lowest BCUT2D eigenvalue weighted by Crippen LogP contribution is -2.16. The summed E-state index contributed by atoms with van der Waals surface area (Å²) < 4.78 is 13.2. The van der Waals surface area contributed by atoms with Crippen LogP contribution in [0.15, 0.2) is 42.7 Å². The van der Waals surface area contributed by atoms with E-state index in [1.807, 2.05) is 35.0 Å². The summed E-state index contributed by atoms with van der Waals surface area (Å²) in [4.78, 5) is 4.48. The molecule has 0 amide bonds. The monoisotopic (exact) mass is 340 g/mol. The van der Waals surface area contributed by atoms with E-state index in [-0.39, 0.29) is 11.7 Å². The number of ether oxygens (including phenoxy) is 2. The van der Waals surface area contributed by atoms with Crippen molar-refractivity contribution in [3.63, 3.8) is 0 Å². The van der Waals surface area contributed by atoms with Gasteiger partial charge in [0.1, 0.15) is 24.8 Å². The summed E-state index contributed by atoms with van der Waals surface area (Å²) in [5.41, 5.74) is 2.63. The van der Waals surface area contributed by atoms with E-state index < -0.39 is 0 Å². The predicted molar refractivity (Wildman–Crippen MR) is 88.6 cm³/mol. The fourth-order valence-electron chi connectivity index (χ4n) is 3.50. The number of halogens is 1. The van der Waals surface area contributed by atoms with Gasteiger partial charge in [0.2, 0.25) is 0 Å². The first-order valence-electron chi connectivity index (χ1n) is 7.68. The highest BCUT2D eigenvalue weighted by molar-refractivity contribution is 6.31. The summed E-state index contributed by atoms with van der Waals surface area (Å²) >= 11 is 6.48. The molecular formula is C18H13ClN2O3. The van der Waals surface area contributed by atoms with Crippen molar-refractivity contribution in [3.05, 3.63) is 64.7 Å². The lowest BCUT2D eigenvalue weighted by molar-refractivity contribution is 0.170. The topological polar surface area (TPSA) is 56.5 Å². The van der Waals surface area contributed by atoms with Crippen molar-refractivity contribution in [2.45, 2.75) is 5.92 Å². The van der Waals surface area contributed by atoms with Crippen molar-refractivity contribution in [2.24, 2.45) is 0 Å². The summed E-state index contributed by atoms with van der Waals surface area (Å²) in [6.07, 6.45) is 3.65. The fourth-order valence-corrected chi connectivity index (χ4v) is 3.78. The average Bonchev–Trinajstić information content (AvgIpc) is 3.16. The van der Waals surface area contributed by atoms with E-state index >= 15 is 0 Å². The Morgan fingerprint density at radius 2 is 1.96 bits per heavy atom. The minimum absolute atomic E-state index is 0.145. The van der Waals surface area contributed by atoms with Gasteiger partial charge in [0.15, 0.2) is 11.5 Å². The third kappa shape index (κ3) is 1.79. The summed E-state index contributed by atoms with van der Waals surface area (Å²) in [6, 6.07) is 9.20. The lowest BCUT2D eigenvalue weighted by Gasteiger charge is -2.21. The van der Waals surface area contributed by atoms with Crippen LogP contribution in [0.3, 0.4) is 0 Å². The Morgan fingerprint density at radius 3 is 2.79 bits per heavy atom. The molecule has 0 fully saturated rings. The van der Waals surface area contributed by atoms with Crippen molar-refractivity contribution in [1.29, 1.82) is 0 Å². The normalized spacial score (nSPS) is 17.5. The largest absolute Gasteiger partial charge is 0.507 e. The molecule has 5 rings (SSSR count). The second-order valence-electron chi connectivity index (χ2n) is 5.82. The zero-order valence-corrected chi connectivity index (χ0v) is 13.3. The van der Waals surface area contributed by atoms with Crippen LogP contribution in [-0.4, -0.2) is 27.9 Å². The number of nitrogens with zero attached hydrogens (tertiary/aromatic N) is 2. The molecule has 0 radical (unpaired) electrons. The van der Waals surface area contributed by atoms with E-state index in [1.54, 1.807) is 12.3 Å². The van der Waals surface area contributed by atoms with Gasteiger partial charge in [0.05, 0.1) is 11.6 Å². The van der Waals surface area contributed by atoms with Crippen LogP contribution in [0.25, 0.3) is 5.69 Å². The van der Waals surface area contributed by atoms with Crippen molar-refractivity contribution in [1.82, 2.24) is 9.55 Å². The maximum atomic E-state index is 10.6. The van der Waals surface area contributed by atoms with E-state index in [0.29, 0.717) is 35.3 Å². The number of phenolic OH excluding ortho intramolecular Hbond substituents is 1. The molecule has 1 N–H and O–H groups in total. The second kappa shape index (κ2) is 4.92. The highest BCUT2D eigenvalue weighted by Gasteiger charge is 2.35. The first kappa shape index (κ1) is 13.7. The van der Waals surface area contributed by atoms with Crippen LogP contribution in [0, 0.1) is 0 Å². The van der Waals surface area contributed by atoms with Crippen LogP contribution in [0.4, 0.5) is 0 Å². The van der Waals surface area contributed by atoms with Gasteiger partial charge in [-0.2, -0.15) is 0 Å². The van der Waals surface area contributed by atoms with Crippen LogP contribution < -0.4 is 9.47 Å². The van der Waals surface area contributed by atoms with Gasteiger partial charge in [-0.3, -0.25) is 0 Å². The third-order valence-electron chi connectivity index (χ3n) is 4.51. The van der Waals surface area contributed by atoms with Crippen molar-refractivity contribution in [2.75, 3.05) is 13.2 Å². The lowest BCUT2D eigenvalue weighted by atomic mass is 9.90. The number of aromatic nitrogens is 2. The number of aromatic hydroxyl groups is 1. The van der Waals surface area contributed by atoms with Crippen molar-refractivity contribution in [3.8, 4) is 22.9 Å². The molecule has 1 atom stereocenters. The van der Waals surface area contributed by atoms with Crippen LogP contribution in [0.1, 0.15) is 22.9 Å². The molecule has 1 aromatic heterocycles. The van der Waals surface area contributed by atoms with Gasteiger partial charge in [0, 0.05) is 34.6 Å². The number of benzene rings is 2. The molecule has 2 aromatic carbocycles. The predicted octanol–water partition coefficient (Wildman–Crippen LogP) is 3.50. The Bertz CT molecular complexity index is 967. The molecule has 24 heavy (non-hydrogen) atoms. The maximum Gasteiger partial charge on any atom is 0.165 e. The Kier molecular flexibility index (Phi) is 2.82. The molecule has 2 aliphatic heterocycles. The number of hydrogen-bond donors (Lipinski definition) is 1. The molecule has 2 aliphatic rings. The highest BCUT2D eigenvalue weighted by Crippen LogP contribution is 2.49. The molecule has 120 valence electrons. The Hall–Kier alpha value is -2.66. The molecule has 0 saturated carbocycles. The summed E-state index contributed by atoms with van der Waals surface area (Å²) in [5.74, 6) is 1.91. The number of rotatable bonds is 1. The maximum absolute atomic E-state index is 10.6. The highest BCUT2D eigenvalue weighted by atomic mass is 35.5. The first-order valence-corrected chi connectivity index (χ1v) is 8.06. The standard InChI is InChI=1S/C18H13ClN2O3/c19-11-2-1-3-12-17(11)16(18-20-4-5-21(12)18)10-8-14-15(9-13(10)22)24-7-6-23-14/h1-5,8-9,16,22H,6-7H2. The van der Waals surface area contributed by atoms with Crippen molar-refractivity contribution >= 4 is 11.6 Å². The Labute approximate surface area is 143 Å². The van der Waals surface area contributed by atoms with Gasteiger partial charge in [-0.1, -0.05) is 17.7 Å². The van der Waals surface area contributed by atoms with Crippen LogP contribution in [-0.2, 0) is 0 Å². The summed E-state index contributed by atoms with van der Waals surface area (Å²) in [5, 5.41) is 11.2. The fraction of sp³-hybridized carbons (Fsp3) is 0.167. The van der Waals surface area contributed by atoms with Gasteiger partial charge in [-0.05, 0) is 18.2 Å². The summed E-state index contributed by atoms with van der Waals surface area (Å²) in [6.45, 7) is 0.974. The number of phenols is 1. The minimum atomic E-state index is -0.250. The van der Waals surface area contributed by atoms with E-state index in [4.69, 9.17) is 21.1 Å². The quantitative estimate of drug-likeness (QED) is 0.576. The molecule has 3 heterocycles. The Balaban J connectivity index is 1.76. The molecular weight excluding hydrogens is 328 g/mol. The zero-order valence-electron chi connectivity index (χ0n) is 12.6. The summed E-state index contributed by atoms with van der Waals surface area (Å²) in [7, 11) is 0. The van der Waals surface area contributed by atoms with Gasteiger partial charge in [0.25, 0.3) is 0 Å². The smallest absolute Gasteiger partial charge is 0.165 e. The molecule has 3 aromatic rings. The molecule has 1 unspecified atom stereocenters. The Morgan fingerprint density at radius 1 is 1.17 bits per heavy atom. The molecule has 5 nitrogen and oxygen atoms in total. The molecule has 0 spiro atoms. The van der Waals surface area contributed by atoms with Gasteiger partial charge in [-0.25, -0.2) is 4.98 Å². The van der Waals surface area contributed by atoms with Crippen LogP contribution in [0.5, 0.6) is 17.2 Å². The molecule has 0 saturated heterocycles. The van der Waals surface area contributed by atoms with Crippen LogP contribution in [0.2, 0.25) is 5.02 Å². The van der Waals surface area contributed by atoms with Crippen LogP contribution >= 0.6 is 11.6 Å². The van der Waals surface area contributed by atoms with E-state index in [9.17, 15) is 5.11 Å². The van der Waals surface area contributed by atoms with Crippen molar-refractivity contribution < 1.29 is 14.6 Å². The minimum Gasteiger partial charge on any atom is -0.507 e. The SMILES string of the molecule is Oc1cc2c(cc1C1c3c(Cl)cccc3-n3ccnc31)OCCO2. The molecule has 0 aliphatic carbocycles. The molecule has 0 bridgehead atoms. The first-order chi connectivity index (χ1) is 11.7. The van der Waals surface area contributed by atoms with Gasteiger partial charge < -0.3 is 19.1 Å². The van der Waals surface area contributed by atoms with E-state index in [2.05, 4.69) is 4.98 Å². The van der Waals surface area contributed by atoms with Gasteiger partial charge >= 0.3 is 0 Å².